The van der Waals surface area contributed by atoms with Gasteiger partial charge in [-0.3, -0.25) is 34.2 Å². The smallest absolute Gasteiger partial charge is 0.293 e. The van der Waals surface area contributed by atoms with Crippen LogP contribution in [0.2, 0.25) is 5.02 Å². The van der Waals surface area contributed by atoms with E-state index < -0.39 is 6.04 Å². The van der Waals surface area contributed by atoms with Crippen LogP contribution < -0.4 is 36.0 Å². The van der Waals surface area contributed by atoms with Crippen LogP contribution in [0.1, 0.15) is 79.9 Å². The lowest BCUT2D eigenvalue weighted by Crippen LogP contribution is -2.56. The first kappa shape index (κ1) is 43.5. The number of rotatable bonds is 12. The minimum Gasteiger partial charge on any atom is -0.478 e. The van der Waals surface area contributed by atoms with E-state index in [0.717, 1.165) is 92.7 Å². The Morgan fingerprint density at radius 2 is 1.72 bits per heavy atom. The number of piperazine rings is 1. The predicted molar refractivity (Wildman–Crippen MR) is 243 cm³/mol. The number of likely N-dealkylation sites (N-methyl/N-ethyl adjacent to an activating group) is 1. The van der Waals surface area contributed by atoms with Crippen molar-refractivity contribution >= 4 is 69.3 Å². The predicted octanol–water partition coefficient (Wildman–Crippen LogP) is 4.30. The largest absolute Gasteiger partial charge is 0.478 e. The van der Waals surface area contributed by atoms with E-state index in [1.54, 1.807) is 21.7 Å². The van der Waals surface area contributed by atoms with Crippen LogP contribution in [0.5, 0.6) is 5.75 Å². The molecule has 0 radical (unpaired) electrons. The van der Waals surface area contributed by atoms with Crippen molar-refractivity contribution in [2.24, 2.45) is 0 Å². The summed E-state index contributed by atoms with van der Waals surface area (Å²) in [6.45, 7) is 11.3. The average molecular weight is 895 g/mol. The Bertz CT molecular complexity index is 2550. The minimum absolute atomic E-state index is 0.0940. The van der Waals surface area contributed by atoms with Gasteiger partial charge in [-0.25, -0.2) is 4.98 Å². The zero-order valence-electron chi connectivity index (χ0n) is 36.7. The highest BCUT2D eigenvalue weighted by Crippen LogP contribution is 2.37. The molecule has 2 aromatic heterocycles. The lowest BCUT2D eigenvalue weighted by atomic mass is 9.87. The summed E-state index contributed by atoms with van der Waals surface area (Å²) in [5.41, 5.74) is 5.00. The summed E-state index contributed by atoms with van der Waals surface area (Å²) in [6.07, 6.45) is 6.44. The molecule has 9 rings (SSSR count). The Hall–Kier alpha value is -5.78. The van der Waals surface area contributed by atoms with Crippen LogP contribution in [0.25, 0.3) is 10.9 Å². The van der Waals surface area contributed by atoms with E-state index >= 15 is 0 Å². The molecule has 0 spiro atoms. The molecule has 5 aliphatic rings. The van der Waals surface area contributed by atoms with Crippen LogP contribution in [-0.2, 0) is 25.7 Å². The monoisotopic (exact) mass is 894 g/mol. The van der Waals surface area contributed by atoms with E-state index in [4.69, 9.17) is 26.1 Å². The fraction of sp³-hybridized carbons (Fsp3) is 0.500. The van der Waals surface area contributed by atoms with E-state index in [9.17, 15) is 24.0 Å². The first-order valence-corrected chi connectivity index (χ1v) is 22.7. The summed E-state index contributed by atoms with van der Waals surface area (Å²) >= 11 is 6.60. The fourth-order valence-electron chi connectivity index (χ4n) is 9.82. The van der Waals surface area contributed by atoms with Gasteiger partial charge in [0.25, 0.3) is 17.4 Å². The van der Waals surface area contributed by atoms with Crippen molar-refractivity contribution in [2.75, 3.05) is 68.0 Å². The Balaban J connectivity index is 0.746. The Labute approximate surface area is 376 Å². The molecule has 1 aliphatic carbocycles. The Morgan fingerprint density at radius 3 is 2.44 bits per heavy atom. The normalized spacial score (nSPS) is 21.9. The standard InChI is InChI=1S/C46H55ClN10O7/c1-26(2)57-37-7-5-29(19-28(37)20-39(45(57)62)63-25-41(59)48-4)50-42-35(47)23-49-46(52-42)55-13-11-31(12-14-55)64-32-21-30(22-32)53-15-17-54(18-16-53)36-8-6-33-34(27(36)3)24-56(44(33)61)38-9-10-40(58)51-43(38)60/h5-8,19-20,23,26,30-32,38H,9-18,21-22,24-25H2,1-4H3,(H,48,59)(H,49,50,52)(H,51,58,60). The molecule has 18 heteroatoms. The number of halogens is 1. The maximum atomic E-state index is 13.3. The highest BCUT2D eigenvalue weighted by molar-refractivity contribution is 6.33. The molecule has 4 fully saturated rings. The van der Waals surface area contributed by atoms with E-state index in [0.29, 0.717) is 47.0 Å². The van der Waals surface area contributed by atoms with Gasteiger partial charge in [0.1, 0.15) is 11.1 Å². The van der Waals surface area contributed by atoms with Gasteiger partial charge in [0, 0.05) is 93.7 Å². The molecule has 3 N–H and O–H groups in total. The minimum atomic E-state index is -0.616. The molecule has 4 aliphatic heterocycles. The number of carbonyl (C=O) groups excluding carboxylic acids is 4. The first-order chi connectivity index (χ1) is 30.8. The van der Waals surface area contributed by atoms with Crippen molar-refractivity contribution in [1.29, 1.82) is 0 Å². The first-order valence-electron chi connectivity index (χ1n) is 22.3. The van der Waals surface area contributed by atoms with Crippen LogP contribution in [0.4, 0.5) is 23.1 Å². The third kappa shape index (κ3) is 8.60. The van der Waals surface area contributed by atoms with Crippen molar-refractivity contribution in [3.8, 4) is 5.75 Å². The van der Waals surface area contributed by atoms with Crippen molar-refractivity contribution in [3.63, 3.8) is 0 Å². The molecule has 1 atom stereocenters. The van der Waals surface area contributed by atoms with Crippen molar-refractivity contribution < 1.29 is 28.7 Å². The number of anilines is 4. The van der Waals surface area contributed by atoms with Crippen molar-refractivity contribution in [3.05, 3.63) is 74.7 Å². The number of hydrogen-bond acceptors (Lipinski definition) is 13. The van der Waals surface area contributed by atoms with Gasteiger partial charge in [0.05, 0.1) is 23.9 Å². The van der Waals surface area contributed by atoms with Gasteiger partial charge in [-0.1, -0.05) is 11.6 Å². The zero-order valence-corrected chi connectivity index (χ0v) is 37.4. The molecule has 6 heterocycles. The second-order valence-corrected chi connectivity index (χ2v) is 18.1. The van der Waals surface area contributed by atoms with Crippen molar-refractivity contribution in [2.45, 2.75) is 96.2 Å². The van der Waals surface area contributed by atoms with Crippen LogP contribution in [-0.4, -0.2) is 125 Å². The van der Waals surface area contributed by atoms with Gasteiger partial charge < -0.3 is 39.4 Å². The second-order valence-electron chi connectivity index (χ2n) is 17.7. The van der Waals surface area contributed by atoms with E-state index in [2.05, 4.69) is 48.6 Å². The summed E-state index contributed by atoms with van der Waals surface area (Å²) in [6, 6.07) is 11.0. The fourth-order valence-corrected chi connectivity index (χ4v) is 9.96. The molecule has 17 nitrogen and oxygen atoms in total. The molecular formula is C46H55ClN10O7. The molecule has 0 bridgehead atoms. The summed E-state index contributed by atoms with van der Waals surface area (Å²) in [5, 5.41) is 9.36. The van der Waals surface area contributed by atoms with Gasteiger partial charge >= 0.3 is 0 Å². The topological polar surface area (TPSA) is 184 Å². The number of nitrogens with zero attached hydrogens (tertiary/aromatic N) is 7. The number of benzene rings is 2. The molecule has 4 aromatic rings. The van der Waals surface area contributed by atoms with Crippen LogP contribution >= 0.6 is 11.6 Å². The average Bonchev–Trinajstić information content (AvgIpc) is 3.61. The van der Waals surface area contributed by atoms with Gasteiger partial charge in [-0.2, -0.15) is 4.98 Å². The molecule has 64 heavy (non-hydrogen) atoms. The SMILES string of the molecule is CNC(=O)COc1cc2cc(Nc3nc(N4CCC(OC5CC(N6CCN(c7ccc8c(c7C)CN(C7CCC(=O)NC7=O)C8=O)CC6)C5)CC4)ncc3Cl)ccc2n(C(C)C)c1=O. The van der Waals surface area contributed by atoms with Gasteiger partial charge in [-0.05, 0) is 100 Å². The number of ether oxygens (including phenoxy) is 2. The number of imide groups is 1. The molecule has 3 saturated heterocycles. The summed E-state index contributed by atoms with van der Waals surface area (Å²) in [4.78, 5) is 80.8. The number of amides is 4. The highest BCUT2D eigenvalue weighted by atomic mass is 35.5. The van der Waals surface area contributed by atoms with E-state index in [1.807, 2.05) is 38.1 Å². The number of carbonyl (C=O) groups is 4. The Morgan fingerprint density at radius 1 is 0.953 bits per heavy atom. The quantitative estimate of drug-likeness (QED) is 0.171. The summed E-state index contributed by atoms with van der Waals surface area (Å²) in [5.74, 6) is 0.00770. The van der Waals surface area contributed by atoms with E-state index in [-0.39, 0.29) is 66.2 Å². The Kier molecular flexibility index (Phi) is 12.2. The number of hydrogen-bond donors (Lipinski definition) is 3. The number of pyridine rings is 1. The third-order valence-electron chi connectivity index (χ3n) is 13.5. The summed E-state index contributed by atoms with van der Waals surface area (Å²) < 4.78 is 13.9. The molecule has 1 saturated carbocycles. The zero-order chi connectivity index (χ0) is 44.8. The number of piperidine rings is 2. The maximum Gasteiger partial charge on any atom is 0.293 e. The third-order valence-corrected chi connectivity index (χ3v) is 13.8. The van der Waals surface area contributed by atoms with Gasteiger partial charge in [0.2, 0.25) is 17.8 Å². The highest BCUT2D eigenvalue weighted by Gasteiger charge is 2.41. The van der Waals surface area contributed by atoms with Crippen LogP contribution in [0.3, 0.4) is 0 Å². The lowest BCUT2D eigenvalue weighted by Gasteiger charge is -2.48. The lowest BCUT2D eigenvalue weighted by molar-refractivity contribution is -0.137. The van der Waals surface area contributed by atoms with Crippen LogP contribution in [0, 0.1) is 6.92 Å². The van der Waals surface area contributed by atoms with E-state index in [1.165, 1.54) is 7.05 Å². The molecule has 338 valence electrons. The number of aromatic nitrogens is 3. The summed E-state index contributed by atoms with van der Waals surface area (Å²) in [7, 11) is 1.52. The van der Waals surface area contributed by atoms with Gasteiger partial charge in [-0.15, -0.1) is 0 Å². The maximum absolute atomic E-state index is 13.3. The second kappa shape index (κ2) is 18.0. The molecule has 1 unspecified atom stereocenters. The number of fused-ring (bicyclic) bond motifs is 2. The molecular weight excluding hydrogens is 840 g/mol. The molecule has 4 amide bonds. The number of nitrogens with one attached hydrogen (secondary N) is 3. The van der Waals surface area contributed by atoms with Crippen LogP contribution in [0.15, 0.2) is 47.4 Å². The van der Waals surface area contributed by atoms with Gasteiger partial charge in [0.15, 0.2) is 18.2 Å². The molecule has 2 aromatic carbocycles. The van der Waals surface area contributed by atoms with Crippen molar-refractivity contribution in [1.82, 2.24) is 35.0 Å².